The molecule has 0 atom stereocenters. The minimum absolute atomic E-state index is 0.757. The van der Waals surface area contributed by atoms with Crippen LogP contribution in [0, 0.1) is 0 Å². The molecule has 0 aliphatic carbocycles. The molecule has 17 heavy (non-hydrogen) atoms. The molecule has 0 saturated heterocycles. The van der Waals surface area contributed by atoms with E-state index in [9.17, 15) is 0 Å². The molecule has 4 nitrogen and oxygen atoms in total. The van der Waals surface area contributed by atoms with Gasteiger partial charge in [-0.15, -0.1) is 0 Å². The minimum atomic E-state index is 0.757. The Morgan fingerprint density at radius 3 is 2.71 bits per heavy atom. The second-order valence-electron chi connectivity index (χ2n) is 4.33. The topological polar surface area (TPSA) is 31.2 Å². The lowest BCUT2D eigenvalue weighted by Gasteiger charge is -2.09. The van der Waals surface area contributed by atoms with Crippen LogP contribution in [-0.4, -0.2) is 55.4 Å². The number of rotatable bonds is 5. The first kappa shape index (κ1) is 13.2. The van der Waals surface area contributed by atoms with Gasteiger partial charge in [-0.1, -0.05) is 6.07 Å². The van der Waals surface area contributed by atoms with Gasteiger partial charge < -0.3 is 10.2 Å². The van der Waals surface area contributed by atoms with Gasteiger partial charge in [-0.3, -0.25) is 0 Å². The van der Waals surface area contributed by atoms with Crippen molar-refractivity contribution < 1.29 is 4.58 Å². The molecule has 0 spiro atoms. The van der Waals surface area contributed by atoms with E-state index in [2.05, 4.69) is 22.7 Å². The molecule has 0 aliphatic heterocycles. The molecule has 1 aromatic rings. The Hall–Kier alpha value is -1.84. The molecule has 0 unspecified atom stereocenters. The van der Waals surface area contributed by atoms with Crippen LogP contribution in [0.4, 0.5) is 5.82 Å². The fourth-order valence-electron chi connectivity index (χ4n) is 1.45. The molecule has 1 aromatic heterocycles. The summed E-state index contributed by atoms with van der Waals surface area (Å²) in [5, 5.41) is 3.29. The summed E-state index contributed by atoms with van der Waals surface area (Å²) in [6.07, 6.45) is 5.97. The second kappa shape index (κ2) is 6.68. The summed E-state index contributed by atoms with van der Waals surface area (Å²) in [4.78, 5) is 6.27. The molecule has 4 heteroatoms. The van der Waals surface area contributed by atoms with Gasteiger partial charge in [0.05, 0.1) is 5.57 Å². The molecular weight excluding hydrogens is 212 g/mol. The van der Waals surface area contributed by atoms with Crippen molar-refractivity contribution in [1.29, 1.82) is 0 Å². The van der Waals surface area contributed by atoms with Crippen molar-refractivity contribution >= 4 is 12.0 Å². The first-order valence-corrected chi connectivity index (χ1v) is 5.61. The highest BCUT2D eigenvalue weighted by molar-refractivity contribution is 5.75. The molecule has 0 radical (unpaired) electrons. The minimum Gasteiger partial charge on any atom is -0.383 e. The Labute approximate surface area is 103 Å². The lowest BCUT2D eigenvalue weighted by molar-refractivity contribution is -0.459. The summed E-state index contributed by atoms with van der Waals surface area (Å²) in [5.74, 6) is 0.893. The first-order chi connectivity index (χ1) is 8.08. The van der Waals surface area contributed by atoms with Crippen molar-refractivity contribution in [3.8, 4) is 0 Å². The molecule has 92 valence electrons. The van der Waals surface area contributed by atoms with Crippen molar-refractivity contribution in [1.82, 2.24) is 9.88 Å². The number of hydrogen-bond donors (Lipinski definition) is 1. The Morgan fingerprint density at radius 2 is 2.18 bits per heavy atom. The average Bonchev–Trinajstić information content (AvgIpc) is 2.26. The van der Waals surface area contributed by atoms with E-state index in [1.54, 1.807) is 6.20 Å². The molecule has 0 aliphatic rings. The number of nitrogens with zero attached hydrogens (tertiary/aromatic N) is 3. The SMILES string of the molecule is CN(C)C=C(C=[N+](C)C)CNc1ccccn1. The Morgan fingerprint density at radius 1 is 1.41 bits per heavy atom. The van der Waals surface area contributed by atoms with E-state index in [0.29, 0.717) is 0 Å². The van der Waals surface area contributed by atoms with Crippen molar-refractivity contribution in [2.75, 3.05) is 40.1 Å². The first-order valence-electron chi connectivity index (χ1n) is 5.61. The summed E-state index contributed by atoms with van der Waals surface area (Å²) >= 11 is 0. The van der Waals surface area contributed by atoms with Crippen LogP contribution in [0.15, 0.2) is 36.2 Å². The zero-order chi connectivity index (χ0) is 12.7. The standard InChI is InChI=1S/C13H21N4/c1-16(2)10-12(11-17(3)4)9-15-13-7-5-6-8-14-13/h5-8,10-11H,9H2,1-4H3,(H,14,15)/q+1. The third-order valence-electron chi connectivity index (χ3n) is 1.99. The van der Waals surface area contributed by atoms with Crippen molar-refractivity contribution in [3.63, 3.8) is 0 Å². The summed E-state index contributed by atoms with van der Waals surface area (Å²) in [7, 11) is 8.07. The maximum Gasteiger partial charge on any atom is 0.169 e. The molecule has 0 amide bonds. The van der Waals surface area contributed by atoms with Gasteiger partial charge in [0.2, 0.25) is 0 Å². The smallest absolute Gasteiger partial charge is 0.169 e. The number of nitrogens with one attached hydrogen (secondary N) is 1. The van der Waals surface area contributed by atoms with E-state index in [4.69, 9.17) is 0 Å². The van der Waals surface area contributed by atoms with Gasteiger partial charge in [0, 0.05) is 33.0 Å². The van der Waals surface area contributed by atoms with Gasteiger partial charge in [0.1, 0.15) is 19.9 Å². The highest BCUT2D eigenvalue weighted by Gasteiger charge is 2.00. The van der Waals surface area contributed by atoms with E-state index in [1.165, 1.54) is 5.57 Å². The third-order valence-corrected chi connectivity index (χ3v) is 1.99. The summed E-state index contributed by atoms with van der Waals surface area (Å²) in [6.45, 7) is 0.757. The molecule has 0 saturated carbocycles. The lowest BCUT2D eigenvalue weighted by Crippen LogP contribution is -2.14. The second-order valence-corrected chi connectivity index (χ2v) is 4.33. The Kier molecular flexibility index (Phi) is 5.20. The van der Waals surface area contributed by atoms with Crippen LogP contribution < -0.4 is 5.32 Å². The number of anilines is 1. The predicted octanol–water partition coefficient (Wildman–Crippen LogP) is 1.28. The average molecular weight is 233 g/mol. The monoisotopic (exact) mass is 233 g/mol. The van der Waals surface area contributed by atoms with Crippen LogP contribution in [0.1, 0.15) is 0 Å². The lowest BCUT2D eigenvalue weighted by atomic mass is 10.3. The quantitative estimate of drug-likeness (QED) is 0.614. The van der Waals surface area contributed by atoms with E-state index in [0.717, 1.165) is 12.4 Å². The Balaban J connectivity index is 2.65. The van der Waals surface area contributed by atoms with Crippen LogP contribution >= 0.6 is 0 Å². The molecule has 0 bridgehead atoms. The molecule has 0 aromatic carbocycles. The van der Waals surface area contributed by atoms with Crippen LogP contribution in [0.25, 0.3) is 0 Å². The van der Waals surface area contributed by atoms with Crippen LogP contribution in [0.2, 0.25) is 0 Å². The van der Waals surface area contributed by atoms with E-state index >= 15 is 0 Å². The zero-order valence-electron chi connectivity index (χ0n) is 11.0. The highest BCUT2D eigenvalue weighted by atomic mass is 15.0. The number of pyridine rings is 1. The largest absolute Gasteiger partial charge is 0.383 e. The van der Waals surface area contributed by atoms with Crippen molar-refractivity contribution in [2.24, 2.45) is 0 Å². The van der Waals surface area contributed by atoms with Crippen LogP contribution in [0.3, 0.4) is 0 Å². The Bertz CT molecular complexity index is 389. The predicted molar refractivity (Wildman–Crippen MR) is 72.7 cm³/mol. The number of aromatic nitrogens is 1. The van der Waals surface area contributed by atoms with Crippen molar-refractivity contribution in [3.05, 3.63) is 36.2 Å². The molecule has 1 rings (SSSR count). The summed E-state index contributed by atoms with van der Waals surface area (Å²) < 4.78 is 2.04. The fraction of sp³-hybridized carbons (Fsp3) is 0.385. The highest BCUT2D eigenvalue weighted by Crippen LogP contribution is 2.01. The van der Waals surface area contributed by atoms with Gasteiger partial charge in [0.25, 0.3) is 0 Å². The maximum atomic E-state index is 4.23. The van der Waals surface area contributed by atoms with E-state index < -0.39 is 0 Å². The van der Waals surface area contributed by atoms with Gasteiger partial charge >= 0.3 is 0 Å². The normalized spacial score (nSPS) is 10.9. The third kappa shape index (κ3) is 5.70. The molecule has 0 fully saturated rings. The van der Waals surface area contributed by atoms with E-state index in [-0.39, 0.29) is 0 Å². The molecular formula is C13H21N4+. The maximum absolute atomic E-state index is 4.23. The van der Waals surface area contributed by atoms with Crippen LogP contribution in [-0.2, 0) is 0 Å². The van der Waals surface area contributed by atoms with Crippen LogP contribution in [0.5, 0.6) is 0 Å². The van der Waals surface area contributed by atoms with E-state index in [1.807, 2.05) is 55.9 Å². The molecule has 1 N–H and O–H groups in total. The van der Waals surface area contributed by atoms with Gasteiger partial charge in [-0.05, 0) is 12.1 Å². The fourth-order valence-corrected chi connectivity index (χ4v) is 1.45. The van der Waals surface area contributed by atoms with Gasteiger partial charge in [0.15, 0.2) is 6.21 Å². The van der Waals surface area contributed by atoms with Gasteiger partial charge in [-0.2, -0.15) is 0 Å². The zero-order valence-corrected chi connectivity index (χ0v) is 11.0. The summed E-state index contributed by atoms with van der Waals surface area (Å²) in [6, 6.07) is 5.84. The van der Waals surface area contributed by atoms with Gasteiger partial charge in [-0.25, -0.2) is 9.56 Å². The number of hydrogen-bond acceptors (Lipinski definition) is 3. The van der Waals surface area contributed by atoms with Crippen molar-refractivity contribution in [2.45, 2.75) is 0 Å². The molecule has 1 heterocycles. The summed E-state index contributed by atoms with van der Waals surface area (Å²) in [5.41, 5.74) is 1.20.